The molecular formula is C31H33ClF4N7O5+. The number of hydrogen-bond acceptors (Lipinski definition) is 6. The lowest BCUT2D eigenvalue weighted by Gasteiger charge is -2.37. The van der Waals surface area contributed by atoms with Gasteiger partial charge in [0.15, 0.2) is 23.9 Å². The Kier molecular flexibility index (Phi) is 9.96. The van der Waals surface area contributed by atoms with Gasteiger partial charge in [0.2, 0.25) is 11.7 Å². The van der Waals surface area contributed by atoms with Crippen molar-refractivity contribution in [2.75, 3.05) is 58.2 Å². The fourth-order valence-corrected chi connectivity index (χ4v) is 6.32. The maximum atomic E-state index is 14.7. The summed E-state index contributed by atoms with van der Waals surface area (Å²) in [5.41, 5.74) is 5.52. The number of primary amides is 1. The lowest BCUT2D eigenvalue weighted by molar-refractivity contribution is -0.891. The van der Waals surface area contributed by atoms with Gasteiger partial charge in [0.25, 0.3) is 17.7 Å². The van der Waals surface area contributed by atoms with E-state index in [1.807, 2.05) is 7.05 Å². The van der Waals surface area contributed by atoms with E-state index >= 15 is 0 Å². The molecule has 0 radical (unpaired) electrons. The summed E-state index contributed by atoms with van der Waals surface area (Å²) < 4.78 is 59.5. The Labute approximate surface area is 277 Å². The van der Waals surface area contributed by atoms with Crippen LogP contribution in [0.25, 0.3) is 11.3 Å². The molecule has 2 aliphatic heterocycles. The minimum atomic E-state index is -3.35. The lowest BCUT2D eigenvalue weighted by Crippen LogP contribution is -2.55. The van der Waals surface area contributed by atoms with Crippen molar-refractivity contribution in [3.63, 3.8) is 0 Å². The molecule has 2 unspecified atom stereocenters. The second-order valence-electron chi connectivity index (χ2n) is 12.0. The molecule has 2 atom stereocenters. The Balaban J connectivity index is 1.18. The molecule has 1 aromatic heterocycles. The first-order valence-corrected chi connectivity index (χ1v) is 15.3. The molecule has 5 rings (SSSR count). The Hall–Kier alpha value is -4.70. The zero-order valence-corrected chi connectivity index (χ0v) is 26.8. The van der Waals surface area contributed by atoms with Crippen molar-refractivity contribution in [1.29, 1.82) is 0 Å². The minimum absolute atomic E-state index is 0.00977. The van der Waals surface area contributed by atoms with Gasteiger partial charge in [0.1, 0.15) is 0 Å². The van der Waals surface area contributed by atoms with Gasteiger partial charge in [-0.25, -0.2) is 9.37 Å². The highest BCUT2D eigenvalue weighted by molar-refractivity contribution is 6.34. The van der Waals surface area contributed by atoms with Crippen LogP contribution < -0.4 is 15.8 Å². The standard InChI is InChI=1S/C31H32ClF4N7O5/c1-40-22(20-5-6-23(48-31(35)36)26(34)25(20)33)14-38-28(40)29(46)39-18-3-4-19(21(32)13-18)30(47)42-10-8-41(9-11-42)24(44)16-43(2)12-7-17(15-43)27(37)45/h3-6,13-14,17,31H,7-12,15-16H2,1-2H3,(H2-,37,39,45,46,47)/p+1. The van der Waals surface area contributed by atoms with E-state index < -0.39 is 29.9 Å². The van der Waals surface area contributed by atoms with Crippen LogP contribution in [0.15, 0.2) is 36.5 Å². The van der Waals surface area contributed by atoms with Crippen LogP contribution in [-0.4, -0.2) is 107 Å². The van der Waals surface area contributed by atoms with Crippen LogP contribution >= 0.6 is 11.6 Å². The summed E-state index contributed by atoms with van der Waals surface area (Å²) in [7, 11) is 3.32. The largest absolute Gasteiger partial charge is 0.432 e. The van der Waals surface area contributed by atoms with Crippen LogP contribution in [0.4, 0.5) is 23.2 Å². The number of hydrogen-bond donors (Lipinski definition) is 2. The molecule has 0 aliphatic carbocycles. The molecule has 2 aromatic carbocycles. The number of aromatic nitrogens is 2. The fraction of sp³-hybridized carbons (Fsp3) is 0.387. The Morgan fingerprint density at radius 3 is 2.40 bits per heavy atom. The van der Waals surface area contributed by atoms with Crippen molar-refractivity contribution in [3.05, 3.63) is 64.6 Å². The molecule has 256 valence electrons. The number of anilines is 1. The molecule has 2 fully saturated rings. The number of benzene rings is 2. The number of carbonyl (C=O) groups is 4. The predicted molar refractivity (Wildman–Crippen MR) is 165 cm³/mol. The van der Waals surface area contributed by atoms with Crippen molar-refractivity contribution >= 4 is 40.9 Å². The van der Waals surface area contributed by atoms with E-state index in [4.69, 9.17) is 17.3 Å². The minimum Gasteiger partial charge on any atom is -0.432 e. The zero-order chi connectivity index (χ0) is 34.9. The molecule has 0 spiro atoms. The smallest absolute Gasteiger partial charge is 0.387 e. The van der Waals surface area contributed by atoms with Crippen molar-refractivity contribution < 1.29 is 46.0 Å². The maximum Gasteiger partial charge on any atom is 0.387 e. The number of nitrogens with two attached hydrogens (primary N) is 1. The van der Waals surface area contributed by atoms with Gasteiger partial charge in [-0.15, -0.1) is 0 Å². The zero-order valence-electron chi connectivity index (χ0n) is 26.0. The summed E-state index contributed by atoms with van der Waals surface area (Å²) in [4.78, 5) is 58.1. The third kappa shape index (κ3) is 7.23. The summed E-state index contributed by atoms with van der Waals surface area (Å²) in [6.45, 7) is -0.622. The predicted octanol–water partition coefficient (Wildman–Crippen LogP) is 3.11. The molecule has 17 heteroatoms. The number of likely N-dealkylation sites (N-methyl/N-ethyl adjacent to an activating group) is 1. The van der Waals surface area contributed by atoms with E-state index in [0.29, 0.717) is 50.2 Å². The molecule has 12 nitrogen and oxygen atoms in total. The van der Waals surface area contributed by atoms with Crippen LogP contribution in [-0.2, 0) is 16.6 Å². The van der Waals surface area contributed by atoms with Crippen molar-refractivity contribution in [2.45, 2.75) is 13.0 Å². The van der Waals surface area contributed by atoms with Crippen LogP contribution in [0.1, 0.15) is 27.4 Å². The highest BCUT2D eigenvalue weighted by Gasteiger charge is 2.40. The quantitative estimate of drug-likeness (QED) is 0.261. The number of nitrogens with zero attached hydrogens (tertiary/aromatic N) is 5. The van der Waals surface area contributed by atoms with Crippen LogP contribution in [0, 0.1) is 17.6 Å². The highest BCUT2D eigenvalue weighted by atomic mass is 35.5. The second kappa shape index (κ2) is 13.8. The van der Waals surface area contributed by atoms with Gasteiger partial charge in [-0.1, -0.05) is 11.6 Å². The van der Waals surface area contributed by atoms with Crippen LogP contribution in [0.2, 0.25) is 5.02 Å². The van der Waals surface area contributed by atoms with E-state index in [-0.39, 0.29) is 63.5 Å². The third-order valence-corrected chi connectivity index (χ3v) is 9.02. The first-order chi connectivity index (χ1) is 22.7. The van der Waals surface area contributed by atoms with Crippen molar-refractivity contribution in [2.24, 2.45) is 18.7 Å². The Morgan fingerprint density at radius 1 is 1.08 bits per heavy atom. The number of piperazine rings is 1. The average molecular weight is 695 g/mol. The number of amides is 4. The Bertz CT molecular complexity index is 1760. The number of imidazole rings is 1. The van der Waals surface area contributed by atoms with Gasteiger partial charge in [0, 0.05) is 50.9 Å². The van der Waals surface area contributed by atoms with Crippen LogP contribution in [0.3, 0.4) is 0 Å². The molecule has 3 heterocycles. The number of carbonyl (C=O) groups excluding carboxylic acids is 4. The monoisotopic (exact) mass is 694 g/mol. The molecule has 0 bridgehead atoms. The fourth-order valence-electron chi connectivity index (χ4n) is 6.05. The summed E-state index contributed by atoms with van der Waals surface area (Å²) in [6.07, 6.45) is 1.77. The number of likely N-dealkylation sites (tertiary alicyclic amines) is 1. The van der Waals surface area contributed by atoms with Gasteiger partial charge in [-0.2, -0.15) is 13.2 Å². The van der Waals surface area contributed by atoms with Crippen molar-refractivity contribution in [1.82, 2.24) is 19.4 Å². The second-order valence-corrected chi connectivity index (χ2v) is 12.4. The maximum absolute atomic E-state index is 14.7. The summed E-state index contributed by atoms with van der Waals surface area (Å²) in [5.74, 6) is -5.94. The molecule has 4 amide bonds. The van der Waals surface area contributed by atoms with Gasteiger partial charge in [-0.3, -0.25) is 19.2 Å². The lowest BCUT2D eigenvalue weighted by atomic mass is 10.1. The molecular weight excluding hydrogens is 662 g/mol. The van der Waals surface area contributed by atoms with E-state index in [1.165, 1.54) is 29.8 Å². The normalized spacial score (nSPS) is 19.5. The molecule has 0 saturated carbocycles. The highest BCUT2D eigenvalue weighted by Crippen LogP contribution is 2.31. The molecule has 3 N–H and O–H groups in total. The molecule has 2 aliphatic rings. The topological polar surface area (TPSA) is 140 Å². The molecule has 48 heavy (non-hydrogen) atoms. The summed E-state index contributed by atoms with van der Waals surface area (Å²) >= 11 is 6.43. The summed E-state index contributed by atoms with van der Waals surface area (Å²) in [5, 5.41) is 2.66. The molecule has 3 aromatic rings. The number of nitrogens with one attached hydrogen (secondary N) is 1. The van der Waals surface area contributed by atoms with Gasteiger partial charge in [0.05, 0.1) is 48.5 Å². The summed E-state index contributed by atoms with van der Waals surface area (Å²) in [6, 6.07) is 6.18. The third-order valence-electron chi connectivity index (χ3n) is 8.71. The first kappa shape index (κ1) is 34.6. The SMILES string of the molecule is Cn1c(-c2ccc(OC(F)F)c(F)c2F)cnc1C(=O)Nc1ccc(C(=O)N2CCN(C(=O)C[N+]3(C)CCC(C(N)=O)C3)CC2)c(Cl)c1. The number of ether oxygens (including phenoxy) is 1. The van der Waals surface area contributed by atoms with Gasteiger partial charge in [-0.05, 0) is 30.3 Å². The van der Waals surface area contributed by atoms with Crippen molar-refractivity contribution in [3.8, 4) is 17.0 Å². The number of halogens is 5. The van der Waals surface area contributed by atoms with E-state index in [0.717, 1.165) is 18.3 Å². The van der Waals surface area contributed by atoms with E-state index in [1.54, 1.807) is 9.80 Å². The van der Waals surface area contributed by atoms with E-state index in [2.05, 4.69) is 15.0 Å². The van der Waals surface area contributed by atoms with Gasteiger partial charge < -0.3 is 34.6 Å². The number of quaternary nitrogens is 1. The van der Waals surface area contributed by atoms with Gasteiger partial charge >= 0.3 is 6.61 Å². The first-order valence-electron chi connectivity index (χ1n) is 14.9. The number of rotatable bonds is 9. The molecule has 2 saturated heterocycles. The van der Waals surface area contributed by atoms with Crippen LogP contribution in [0.5, 0.6) is 5.75 Å². The average Bonchev–Trinajstić information content (AvgIpc) is 3.62. The Morgan fingerprint density at radius 2 is 1.77 bits per heavy atom. The van der Waals surface area contributed by atoms with E-state index in [9.17, 15) is 36.7 Å². The number of alkyl halides is 2.